The summed E-state index contributed by atoms with van der Waals surface area (Å²) in [5, 5.41) is 4.71. The van der Waals surface area contributed by atoms with E-state index in [9.17, 15) is 4.79 Å². The summed E-state index contributed by atoms with van der Waals surface area (Å²) in [5.41, 5.74) is 1.74. The predicted molar refractivity (Wildman–Crippen MR) is 117 cm³/mol. The first kappa shape index (κ1) is 19.7. The maximum absolute atomic E-state index is 12.6. The van der Waals surface area contributed by atoms with Crippen LogP contribution in [0.3, 0.4) is 0 Å². The van der Waals surface area contributed by atoms with Crippen LogP contribution < -0.4 is 10.1 Å². The van der Waals surface area contributed by atoms with E-state index in [0.29, 0.717) is 10.9 Å². The molecule has 1 fully saturated rings. The molecular weight excluding hydrogens is 384 g/mol. The van der Waals surface area contributed by atoms with Gasteiger partial charge in [0.15, 0.2) is 0 Å². The smallest absolute Gasteiger partial charge is 0.227 e. The minimum absolute atomic E-state index is 0.0339. The lowest BCUT2D eigenvalue weighted by atomic mass is 9.79. The Bertz CT molecular complexity index is 976. The van der Waals surface area contributed by atoms with Gasteiger partial charge >= 0.3 is 0 Å². The van der Waals surface area contributed by atoms with Crippen molar-refractivity contribution in [2.75, 3.05) is 5.32 Å². The maximum Gasteiger partial charge on any atom is 0.227 e. The topological polar surface area (TPSA) is 51.2 Å². The van der Waals surface area contributed by atoms with Crippen LogP contribution in [-0.2, 0) is 4.79 Å². The Balaban J connectivity index is 1.32. The van der Waals surface area contributed by atoms with E-state index in [1.807, 2.05) is 49.4 Å². The monoisotopic (exact) mass is 408 g/mol. The average molecular weight is 409 g/mol. The highest BCUT2D eigenvalue weighted by molar-refractivity contribution is 6.30. The number of aromatic nitrogens is 1. The summed E-state index contributed by atoms with van der Waals surface area (Å²) < 4.78 is 6.31. The second-order valence-electron chi connectivity index (χ2n) is 7.77. The summed E-state index contributed by atoms with van der Waals surface area (Å²) in [6, 6.07) is 17.2. The van der Waals surface area contributed by atoms with Crippen molar-refractivity contribution in [1.29, 1.82) is 0 Å². The number of benzene rings is 2. The van der Waals surface area contributed by atoms with Crippen LogP contribution >= 0.6 is 11.6 Å². The number of ether oxygens (including phenoxy) is 1. The van der Waals surface area contributed by atoms with E-state index in [1.54, 1.807) is 18.3 Å². The van der Waals surface area contributed by atoms with Crippen molar-refractivity contribution in [1.82, 2.24) is 4.98 Å². The number of carbonyl (C=O) groups excluding carboxylic acids is 1. The number of nitrogens with one attached hydrogen (secondary N) is 1. The molecule has 29 heavy (non-hydrogen) atoms. The molecule has 0 spiro atoms. The van der Waals surface area contributed by atoms with Gasteiger partial charge in [-0.05, 0) is 74.1 Å². The number of rotatable bonds is 5. The number of fused-ring (bicyclic) bond motifs is 1. The van der Waals surface area contributed by atoms with Gasteiger partial charge in [0.1, 0.15) is 5.75 Å². The molecule has 1 heterocycles. The van der Waals surface area contributed by atoms with Crippen LogP contribution in [0.5, 0.6) is 5.75 Å². The summed E-state index contributed by atoms with van der Waals surface area (Å²) in [4.78, 5) is 17.0. The van der Waals surface area contributed by atoms with Gasteiger partial charge in [-0.15, -0.1) is 0 Å². The first-order chi connectivity index (χ1) is 14.1. The second kappa shape index (κ2) is 8.83. The summed E-state index contributed by atoms with van der Waals surface area (Å²) in [5.74, 6) is 1.30. The van der Waals surface area contributed by atoms with Crippen molar-refractivity contribution in [2.45, 2.75) is 38.7 Å². The van der Waals surface area contributed by atoms with Gasteiger partial charge in [-0.2, -0.15) is 0 Å². The summed E-state index contributed by atoms with van der Waals surface area (Å²) in [6.45, 7) is 2.02. The zero-order valence-electron chi connectivity index (χ0n) is 16.5. The Labute approximate surface area is 176 Å². The Morgan fingerprint density at radius 2 is 1.79 bits per heavy atom. The number of para-hydroxylation sites is 1. The van der Waals surface area contributed by atoms with Gasteiger partial charge in [-0.25, -0.2) is 0 Å². The Kier molecular flexibility index (Phi) is 6.00. The van der Waals surface area contributed by atoms with E-state index in [2.05, 4.69) is 10.3 Å². The van der Waals surface area contributed by atoms with E-state index in [1.165, 1.54) is 0 Å². The van der Waals surface area contributed by atoms with Gasteiger partial charge < -0.3 is 10.1 Å². The van der Waals surface area contributed by atoms with E-state index in [-0.39, 0.29) is 17.9 Å². The fourth-order valence-corrected chi connectivity index (χ4v) is 4.19. The highest BCUT2D eigenvalue weighted by Crippen LogP contribution is 2.34. The summed E-state index contributed by atoms with van der Waals surface area (Å²) >= 11 is 5.91. The molecule has 1 atom stereocenters. The third-order valence-corrected chi connectivity index (χ3v) is 6.11. The van der Waals surface area contributed by atoms with Crippen molar-refractivity contribution < 1.29 is 9.53 Å². The molecule has 0 bridgehead atoms. The van der Waals surface area contributed by atoms with E-state index in [4.69, 9.17) is 16.3 Å². The summed E-state index contributed by atoms with van der Waals surface area (Å²) in [6.07, 6.45) is 5.88. The van der Waals surface area contributed by atoms with Crippen molar-refractivity contribution in [3.63, 3.8) is 0 Å². The molecule has 1 N–H and O–H groups in total. The van der Waals surface area contributed by atoms with Gasteiger partial charge in [0.05, 0.1) is 11.6 Å². The lowest BCUT2D eigenvalue weighted by molar-refractivity contribution is -0.121. The minimum Gasteiger partial charge on any atom is -0.490 e. The van der Waals surface area contributed by atoms with Gasteiger partial charge in [0.2, 0.25) is 5.91 Å². The number of nitrogens with zero attached hydrogens (tertiary/aromatic N) is 1. The van der Waals surface area contributed by atoms with Crippen LogP contribution in [0, 0.1) is 11.8 Å². The molecule has 1 amide bonds. The molecular formula is C24H25ClN2O2. The van der Waals surface area contributed by atoms with Crippen LogP contribution in [0.25, 0.3) is 10.9 Å². The van der Waals surface area contributed by atoms with Crippen molar-refractivity contribution in [2.24, 2.45) is 11.8 Å². The molecule has 4 rings (SSSR count). The van der Waals surface area contributed by atoms with Crippen LogP contribution in [0.2, 0.25) is 5.02 Å². The Morgan fingerprint density at radius 1 is 1.07 bits per heavy atom. The predicted octanol–water partition coefficient (Wildman–Crippen LogP) is 6.10. The van der Waals surface area contributed by atoms with Gasteiger partial charge in [0, 0.05) is 28.2 Å². The average Bonchev–Trinajstić information content (AvgIpc) is 2.75. The molecule has 150 valence electrons. The first-order valence-corrected chi connectivity index (χ1v) is 10.5. The number of hydrogen-bond donors (Lipinski definition) is 1. The highest BCUT2D eigenvalue weighted by atomic mass is 35.5. The van der Waals surface area contributed by atoms with E-state index in [0.717, 1.165) is 48.0 Å². The van der Waals surface area contributed by atoms with Crippen LogP contribution in [0.4, 0.5) is 5.69 Å². The lowest BCUT2D eigenvalue weighted by Crippen LogP contribution is -2.32. The Morgan fingerprint density at radius 3 is 2.55 bits per heavy atom. The fraction of sp³-hybridized carbons (Fsp3) is 0.333. The van der Waals surface area contributed by atoms with Crippen LogP contribution in [-0.4, -0.2) is 17.0 Å². The zero-order chi connectivity index (χ0) is 20.2. The van der Waals surface area contributed by atoms with Crippen molar-refractivity contribution in [3.05, 3.63) is 65.8 Å². The molecule has 1 aliphatic rings. The molecule has 1 aliphatic carbocycles. The van der Waals surface area contributed by atoms with Crippen molar-refractivity contribution >= 4 is 34.1 Å². The highest BCUT2D eigenvalue weighted by Gasteiger charge is 2.30. The maximum atomic E-state index is 12.6. The number of pyridine rings is 1. The minimum atomic E-state index is -0.0339. The van der Waals surface area contributed by atoms with Crippen LogP contribution in [0.1, 0.15) is 32.6 Å². The van der Waals surface area contributed by atoms with Gasteiger partial charge in [-0.3, -0.25) is 9.78 Å². The molecule has 2 aromatic carbocycles. The quantitative estimate of drug-likeness (QED) is 0.554. The summed E-state index contributed by atoms with van der Waals surface area (Å²) in [7, 11) is 0. The molecule has 5 heteroatoms. The Hall–Kier alpha value is -2.59. The fourth-order valence-electron chi connectivity index (χ4n) is 4.06. The SMILES string of the molecule is C[C@@H](C(=O)Nc1ccc(Cl)cc1)C1CCC(Oc2ccnc3ccccc23)CC1. The van der Waals surface area contributed by atoms with Crippen LogP contribution in [0.15, 0.2) is 60.8 Å². The second-order valence-corrected chi connectivity index (χ2v) is 8.20. The molecule has 4 nitrogen and oxygen atoms in total. The molecule has 0 radical (unpaired) electrons. The first-order valence-electron chi connectivity index (χ1n) is 10.2. The molecule has 0 unspecified atom stereocenters. The lowest BCUT2D eigenvalue weighted by Gasteiger charge is -2.32. The molecule has 3 aromatic rings. The molecule has 1 saturated carbocycles. The van der Waals surface area contributed by atoms with Crippen molar-refractivity contribution in [3.8, 4) is 5.75 Å². The standard InChI is InChI=1S/C24H25ClN2O2/c1-16(24(28)27-19-10-8-18(25)9-11-19)17-6-12-20(13-7-17)29-23-14-15-26-22-5-3-2-4-21(22)23/h2-5,8-11,14-17,20H,6-7,12-13H2,1H3,(H,27,28)/t16-,17?,20?/m1/s1. The van der Waals surface area contributed by atoms with Gasteiger partial charge in [0.25, 0.3) is 0 Å². The normalized spacial score (nSPS) is 20.2. The van der Waals surface area contributed by atoms with Gasteiger partial charge in [-0.1, -0.05) is 30.7 Å². The third kappa shape index (κ3) is 4.70. The number of hydrogen-bond acceptors (Lipinski definition) is 3. The zero-order valence-corrected chi connectivity index (χ0v) is 17.2. The number of carbonyl (C=O) groups is 1. The molecule has 0 aliphatic heterocycles. The largest absolute Gasteiger partial charge is 0.490 e. The van der Waals surface area contributed by atoms with E-state index < -0.39 is 0 Å². The number of anilines is 1. The number of halogens is 1. The third-order valence-electron chi connectivity index (χ3n) is 5.85. The number of amides is 1. The molecule has 0 saturated heterocycles. The molecule has 1 aromatic heterocycles. The van der Waals surface area contributed by atoms with E-state index >= 15 is 0 Å².